The van der Waals surface area contributed by atoms with Crippen LogP contribution in [0.5, 0.6) is 17.2 Å². The van der Waals surface area contributed by atoms with E-state index in [-0.39, 0.29) is 24.5 Å². The Hall–Kier alpha value is -3.02. The number of benzene rings is 2. The van der Waals surface area contributed by atoms with Gasteiger partial charge < -0.3 is 19.5 Å². The number of carbonyl (C=O) groups is 2. The molecule has 1 heterocycles. The highest BCUT2D eigenvalue weighted by Gasteiger charge is 2.16. The summed E-state index contributed by atoms with van der Waals surface area (Å²) in [5, 5.41) is 2.78. The number of rotatable bonds is 6. The standard InChI is InChI=1S/C20H21NO5/c1-13-3-6-17(24-2)15(11-13)16(22)5-8-20(23)21-14-4-7-18-19(12-14)26-10-9-25-18/h3-4,6-7,11-12H,5,8-10H2,1-2H3,(H,21,23). The lowest BCUT2D eigenvalue weighted by Crippen LogP contribution is -2.17. The van der Waals surface area contributed by atoms with Crippen molar-refractivity contribution in [3.63, 3.8) is 0 Å². The Morgan fingerprint density at radius 2 is 1.81 bits per heavy atom. The van der Waals surface area contributed by atoms with Crippen molar-refractivity contribution in [1.82, 2.24) is 0 Å². The molecule has 6 nitrogen and oxygen atoms in total. The number of hydrogen-bond acceptors (Lipinski definition) is 5. The average Bonchev–Trinajstić information content (AvgIpc) is 2.66. The third kappa shape index (κ3) is 4.14. The Morgan fingerprint density at radius 1 is 1.04 bits per heavy atom. The van der Waals surface area contributed by atoms with Crippen LogP contribution in [0.15, 0.2) is 36.4 Å². The lowest BCUT2D eigenvalue weighted by molar-refractivity contribution is -0.116. The molecule has 136 valence electrons. The summed E-state index contributed by atoms with van der Waals surface area (Å²) in [6, 6.07) is 10.6. The van der Waals surface area contributed by atoms with E-state index in [4.69, 9.17) is 14.2 Å². The van der Waals surface area contributed by atoms with Gasteiger partial charge in [-0.2, -0.15) is 0 Å². The number of methoxy groups -OCH3 is 1. The molecule has 0 atom stereocenters. The zero-order valence-corrected chi connectivity index (χ0v) is 14.8. The smallest absolute Gasteiger partial charge is 0.224 e. The fourth-order valence-corrected chi connectivity index (χ4v) is 2.75. The van der Waals surface area contributed by atoms with Crippen molar-refractivity contribution in [3.8, 4) is 17.2 Å². The Kier molecular flexibility index (Phi) is 5.41. The molecule has 26 heavy (non-hydrogen) atoms. The molecular formula is C20H21NO5. The van der Waals surface area contributed by atoms with Crippen LogP contribution in [0.2, 0.25) is 0 Å². The Balaban J connectivity index is 1.59. The molecule has 6 heteroatoms. The summed E-state index contributed by atoms with van der Waals surface area (Å²) < 4.78 is 16.2. The van der Waals surface area contributed by atoms with Crippen LogP contribution in [0.1, 0.15) is 28.8 Å². The first-order chi connectivity index (χ1) is 12.6. The molecule has 1 N–H and O–H groups in total. The van der Waals surface area contributed by atoms with E-state index < -0.39 is 0 Å². The van der Waals surface area contributed by atoms with Gasteiger partial charge in [-0.15, -0.1) is 0 Å². The first-order valence-electron chi connectivity index (χ1n) is 8.44. The molecule has 0 fully saturated rings. The number of Topliss-reactive ketones (excluding diaryl/α,β-unsaturated/α-hetero) is 1. The van der Waals surface area contributed by atoms with Gasteiger partial charge in [-0.25, -0.2) is 0 Å². The molecule has 0 bridgehead atoms. The average molecular weight is 355 g/mol. The first kappa shape index (κ1) is 17.8. The Bertz CT molecular complexity index is 831. The number of nitrogens with one attached hydrogen (secondary N) is 1. The number of hydrogen-bond donors (Lipinski definition) is 1. The van der Waals surface area contributed by atoms with Crippen LogP contribution in [-0.2, 0) is 4.79 Å². The molecule has 1 amide bonds. The second-order valence-electron chi connectivity index (χ2n) is 6.03. The van der Waals surface area contributed by atoms with Crippen LogP contribution in [-0.4, -0.2) is 32.0 Å². The fourth-order valence-electron chi connectivity index (χ4n) is 2.75. The number of anilines is 1. The van der Waals surface area contributed by atoms with Gasteiger partial charge in [-0.1, -0.05) is 11.6 Å². The SMILES string of the molecule is COc1ccc(C)cc1C(=O)CCC(=O)Nc1ccc2c(c1)OCCO2. The van der Waals surface area contributed by atoms with Crippen molar-refractivity contribution in [2.75, 3.05) is 25.6 Å². The molecule has 0 saturated heterocycles. The maximum Gasteiger partial charge on any atom is 0.224 e. The van der Waals surface area contributed by atoms with Gasteiger partial charge in [0.2, 0.25) is 5.91 Å². The van der Waals surface area contributed by atoms with Gasteiger partial charge in [-0.05, 0) is 31.2 Å². The fraction of sp³-hybridized carbons (Fsp3) is 0.300. The largest absolute Gasteiger partial charge is 0.496 e. The maximum absolute atomic E-state index is 12.4. The van der Waals surface area contributed by atoms with Gasteiger partial charge in [-0.3, -0.25) is 9.59 Å². The number of amides is 1. The van der Waals surface area contributed by atoms with Crippen LogP contribution in [0, 0.1) is 6.92 Å². The van der Waals surface area contributed by atoms with Crippen molar-refractivity contribution < 1.29 is 23.8 Å². The summed E-state index contributed by atoms with van der Waals surface area (Å²) in [7, 11) is 1.52. The summed E-state index contributed by atoms with van der Waals surface area (Å²) >= 11 is 0. The van der Waals surface area contributed by atoms with Gasteiger partial charge in [0.1, 0.15) is 19.0 Å². The van der Waals surface area contributed by atoms with E-state index >= 15 is 0 Å². The maximum atomic E-state index is 12.4. The normalized spacial score (nSPS) is 12.4. The Morgan fingerprint density at radius 3 is 2.58 bits per heavy atom. The van der Waals surface area contributed by atoms with Crippen LogP contribution in [0.3, 0.4) is 0 Å². The quantitative estimate of drug-likeness (QED) is 0.804. The minimum Gasteiger partial charge on any atom is -0.496 e. The summed E-state index contributed by atoms with van der Waals surface area (Å²) in [5.74, 6) is 1.43. The van der Waals surface area contributed by atoms with Crippen LogP contribution in [0.25, 0.3) is 0 Å². The molecule has 0 spiro atoms. The van der Waals surface area contributed by atoms with E-state index in [1.54, 1.807) is 30.3 Å². The predicted molar refractivity (Wildman–Crippen MR) is 97.4 cm³/mol. The lowest BCUT2D eigenvalue weighted by atomic mass is 10.0. The summed E-state index contributed by atoms with van der Waals surface area (Å²) in [4.78, 5) is 24.6. The van der Waals surface area contributed by atoms with Crippen molar-refractivity contribution in [1.29, 1.82) is 0 Å². The van der Waals surface area contributed by atoms with Crippen molar-refractivity contribution in [2.24, 2.45) is 0 Å². The highest BCUT2D eigenvalue weighted by atomic mass is 16.6. The van der Waals surface area contributed by atoms with Crippen LogP contribution < -0.4 is 19.5 Å². The topological polar surface area (TPSA) is 73.9 Å². The van der Waals surface area contributed by atoms with E-state index in [0.29, 0.717) is 41.7 Å². The molecule has 0 aliphatic carbocycles. The van der Waals surface area contributed by atoms with Gasteiger partial charge >= 0.3 is 0 Å². The second-order valence-corrected chi connectivity index (χ2v) is 6.03. The van der Waals surface area contributed by atoms with Gasteiger partial charge in [0, 0.05) is 24.6 Å². The molecule has 2 aromatic carbocycles. The summed E-state index contributed by atoms with van der Waals surface area (Å²) in [6.07, 6.45) is 0.195. The third-order valence-electron chi connectivity index (χ3n) is 4.06. The van der Waals surface area contributed by atoms with Gasteiger partial charge in [0.25, 0.3) is 0 Å². The van der Waals surface area contributed by atoms with Gasteiger partial charge in [0.15, 0.2) is 17.3 Å². The predicted octanol–water partition coefficient (Wildman–Crippen LogP) is 3.38. The zero-order chi connectivity index (χ0) is 18.5. The first-order valence-corrected chi connectivity index (χ1v) is 8.44. The van der Waals surface area contributed by atoms with E-state index in [2.05, 4.69) is 5.32 Å². The molecule has 1 aliphatic rings. The number of ketones is 1. The minimum absolute atomic E-state index is 0.0877. The van der Waals surface area contributed by atoms with Crippen molar-refractivity contribution in [3.05, 3.63) is 47.5 Å². The number of carbonyl (C=O) groups excluding carboxylic acids is 2. The van der Waals surface area contributed by atoms with Gasteiger partial charge in [0.05, 0.1) is 12.7 Å². The number of ether oxygens (including phenoxy) is 3. The van der Waals surface area contributed by atoms with Crippen LogP contribution in [0.4, 0.5) is 5.69 Å². The van der Waals surface area contributed by atoms with Crippen molar-refractivity contribution >= 4 is 17.4 Å². The highest BCUT2D eigenvalue weighted by molar-refractivity contribution is 6.02. The zero-order valence-electron chi connectivity index (χ0n) is 14.8. The van der Waals surface area contributed by atoms with E-state index in [1.807, 2.05) is 13.0 Å². The Labute approximate surface area is 152 Å². The monoisotopic (exact) mass is 355 g/mol. The highest BCUT2D eigenvalue weighted by Crippen LogP contribution is 2.32. The summed E-state index contributed by atoms with van der Waals surface area (Å²) in [5.41, 5.74) is 2.08. The molecule has 3 rings (SSSR count). The molecule has 2 aromatic rings. The molecule has 0 saturated carbocycles. The van der Waals surface area contributed by atoms with E-state index in [1.165, 1.54) is 7.11 Å². The number of fused-ring (bicyclic) bond motifs is 1. The van der Waals surface area contributed by atoms with E-state index in [0.717, 1.165) is 5.56 Å². The van der Waals surface area contributed by atoms with Crippen LogP contribution >= 0.6 is 0 Å². The lowest BCUT2D eigenvalue weighted by Gasteiger charge is -2.19. The minimum atomic E-state index is -0.235. The summed E-state index contributed by atoms with van der Waals surface area (Å²) in [6.45, 7) is 2.91. The number of aryl methyl sites for hydroxylation is 1. The molecule has 0 aromatic heterocycles. The molecule has 1 aliphatic heterocycles. The third-order valence-corrected chi connectivity index (χ3v) is 4.06. The van der Waals surface area contributed by atoms with E-state index in [9.17, 15) is 9.59 Å². The van der Waals surface area contributed by atoms with Crippen molar-refractivity contribution in [2.45, 2.75) is 19.8 Å². The molecule has 0 radical (unpaired) electrons. The molecular weight excluding hydrogens is 334 g/mol. The second kappa shape index (κ2) is 7.91. The molecule has 0 unspecified atom stereocenters.